The Bertz CT molecular complexity index is 469. The molecule has 0 saturated carbocycles. The Morgan fingerprint density at radius 3 is 2.61 bits per heavy atom. The van der Waals surface area contributed by atoms with E-state index in [2.05, 4.69) is 0 Å². The normalized spacial score (nSPS) is 21.2. The molecule has 1 fully saturated rings. The van der Waals surface area contributed by atoms with Crippen LogP contribution in [0.4, 0.5) is 0 Å². The van der Waals surface area contributed by atoms with E-state index in [1.165, 1.54) is 4.90 Å². The summed E-state index contributed by atoms with van der Waals surface area (Å²) in [5.74, 6) is -1.31. The Balaban J connectivity index is 2.13. The lowest BCUT2D eigenvalue weighted by Crippen LogP contribution is -2.31. The summed E-state index contributed by atoms with van der Waals surface area (Å²) >= 11 is 0. The molecule has 1 aromatic carbocycles. The molecule has 2 rings (SSSR count). The van der Waals surface area contributed by atoms with Gasteiger partial charge in [0.1, 0.15) is 6.29 Å². The van der Waals surface area contributed by atoms with Crippen molar-refractivity contribution in [2.75, 3.05) is 0 Å². The zero-order valence-electron chi connectivity index (χ0n) is 10.2. The van der Waals surface area contributed by atoms with E-state index in [1.807, 2.05) is 30.3 Å². The average Bonchev–Trinajstić information content (AvgIpc) is 2.67. The van der Waals surface area contributed by atoms with Crippen molar-refractivity contribution < 1.29 is 14.4 Å². The molecule has 2 unspecified atom stereocenters. The van der Waals surface area contributed by atoms with Gasteiger partial charge in [0.25, 0.3) is 0 Å². The molecule has 4 nitrogen and oxygen atoms in total. The van der Waals surface area contributed by atoms with Gasteiger partial charge in [-0.3, -0.25) is 14.5 Å². The van der Waals surface area contributed by atoms with Crippen LogP contribution in [0.2, 0.25) is 0 Å². The first-order valence-corrected chi connectivity index (χ1v) is 5.97. The third kappa shape index (κ3) is 2.32. The van der Waals surface area contributed by atoms with E-state index in [0.29, 0.717) is 6.54 Å². The molecule has 0 aromatic heterocycles. The largest absolute Gasteiger partial charge is 0.303 e. The number of carbonyl (C=O) groups is 3. The van der Waals surface area contributed by atoms with Crippen molar-refractivity contribution in [3.63, 3.8) is 0 Å². The zero-order valence-corrected chi connectivity index (χ0v) is 10.2. The molecular weight excluding hydrogens is 230 g/mol. The SMILES string of the molecule is CC(C=O)C1CC(=O)N(Cc2ccccc2)C1=O. The molecule has 0 aliphatic carbocycles. The van der Waals surface area contributed by atoms with Crippen LogP contribution in [0.3, 0.4) is 0 Å². The standard InChI is InChI=1S/C14H15NO3/c1-10(9-16)12-7-13(17)15(14(12)18)8-11-5-3-2-4-6-11/h2-6,9-10,12H,7-8H2,1H3. The van der Waals surface area contributed by atoms with Gasteiger partial charge >= 0.3 is 0 Å². The van der Waals surface area contributed by atoms with Crippen LogP contribution >= 0.6 is 0 Å². The molecule has 1 saturated heterocycles. The van der Waals surface area contributed by atoms with Gasteiger partial charge in [0.15, 0.2) is 0 Å². The quantitative estimate of drug-likeness (QED) is 0.595. The minimum absolute atomic E-state index is 0.144. The van der Waals surface area contributed by atoms with Crippen LogP contribution in [0.15, 0.2) is 30.3 Å². The van der Waals surface area contributed by atoms with Crippen molar-refractivity contribution in [3.8, 4) is 0 Å². The average molecular weight is 245 g/mol. The number of likely N-dealkylation sites (tertiary alicyclic amines) is 1. The first-order chi connectivity index (χ1) is 8.63. The Morgan fingerprint density at radius 1 is 1.33 bits per heavy atom. The first kappa shape index (κ1) is 12.5. The first-order valence-electron chi connectivity index (χ1n) is 5.97. The molecule has 0 radical (unpaired) electrons. The second-order valence-electron chi connectivity index (χ2n) is 4.61. The molecule has 0 N–H and O–H groups in total. The fraction of sp³-hybridized carbons (Fsp3) is 0.357. The van der Waals surface area contributed by atoms with E-state index in [-0.39, 0.29) is 18.2 Å². The summed E-state index contributed by atoms with van der Waals surface area (Å²) in [5.41, 5.74) is 0.915. The number of rotatable bonds is 4. The molecule has 2 amide bonds. The van der Waals surface area contributed by atoms with Crippen LogP contribution < -0.4 is 0 Å². The van der Waals surface area contributed by atoms with Gasteiger partial charge in [-0.2, -0.15) is 0 Å². The summed E-state index contributed by atoms with van der Waals surface area (Å²) < 4.78 is 0. The zero-order chi connectivity index (χ0) is 13.1. The van der Waals surface area contributed by atoms with Crippen LogP contribution in [-0.2, 0) is 20.9 Å². The number of imide groups is 1. The van der Waals surface area contributed by atoms with Crippen LogP contribution in [0.5, 0.6) is 0 Å². The van der Waals surface area contributed by atoms with Crippen molar-refractivity contribution in [3.05, 3.63) is 35.9 Å². The highest BCUT2D eigenvalue weighted by atomic mass is 16.2. The van der Waals surface area contributed by atoms with Crippen molar-refractivity contribution in [1.82, 2.24) is 4.90 Å². The third-order valence-corrected chi connectivity index (χ3v) is 3.31. The van der Waals surface area contributed by atoms with E-state index < -0.39 is 11.8 Å². The Morgan fingerprint density at radius 2 is 2.00 bits per heavy atom. The lowest BCUT2D eigenvalue weighted by Gasteiger charge is -2.15. The van der Waals surface area contributed by atoms with Crippen molar-refractivity contribution in [2.24, 2.45) is 11.8 Å². The summed E-state index contributed by atoms with van der Waals surface area (Å²) in [5, 5.41) is 0. The van der Waals surface area contributed by atoms with Gasteiger partial charge < -0.3 is 4.79 Å². The second kappa shape index (κ2) is 5.12. The van der Waals surface area contributed by atoms with Gasteiger partial charge in [-0.25, -0.2) is 0 Å². The number of benzene rings is 1. The molecule has 1 aromatic rings. The maximum atomic E-state index is 12.1. The van der Waals surface area contributed by atoms with E-state index in [4.69, 9.17) is 0 Å². The van der Waals surface area contributed by atoms with Gasteiger partial charge in [0.2, 0.25) is 11.8 Å². The Hall–Kier alpha value is -1.97. The molecule has 2 atom stereocenters. The Kier molecular flexibility index (Phi) is 3.55. The molecule has 18 heavy (non-hydrogen) atoms. The van der Waals surface area contributed by atoms with Gasteiger partial charge in [-0.15, -0.1) is 0 Å². The minimum atomic E-state index is -0.487. The molecule has 1 heterocycles. The summed E-state index contributed by atoms with van der Waals surface area (Å²) in [6.07, 6.45) is 0.882. The van der Waals surface area contributed by atoms with Crippen LogP contribution in [0, 0.1) is 11.8 Å². The fourth-order valence-corrected chi connectivity index (χ4v) is 2.15. The van der Waals surface area contributed by atoms with E-state index in [0.717, 1.165) is 11.8 Å². The van der Waals surface area contributed by atoms with Crippen LogP contribution in [0.25, 0.3) is 0 Å². The van der Waals surface area contributed by atoms with Gasteiger partial charge in [0, 0.05) is 12.3 Å². The molecule has 1 aliphatic rings. The van der Waals surface area contributed by atoms with Crippen molar-refractivity contribution in [2.45, 2.75) is 19.9 Å². The summed E-state index contributed by atoms with van der Waals surface area (Å²) in [4.78, 5) is 35.9. The monoisotopic (exact) mass is 245 g/mol. The highest BCUT2D eigenvalue weighted by molar-refractivity contribution is 6.04. The number of nitrogens with zero attached hydrogens (tertiary/aromatic N) is 1. The Labute approximate surface area is 106 Å². The highest BCUT2D eigenvalue weighted by Gasteiger charge is 2.41. The summed E-state index contributed by atoms with van der Waals surface area (Å²) in [6.45, 7) is 1.97. The highest BCUT2D eigenvalue weighted by Crippen LogP contribution is 2.26. The van der Waals surface area contributed by atoms with Crippen molar-refractivity contribution in [1.29, 1.82) is 0 Å². The predicted molar refractivity (Wildman–Crippen MR) is 65.3 cm³/mol. The number of hydrogen-bond acceptors (Lipinski definition) is 3. The maximum Gasteiger partial charge on any atom is 0.233 e. The smallest absolute Gasteiger partial charge is 0.233 e. The van der Waals surface area contributed by atoms with Gasteiger partial charge in [-0.1, -0.05) is 37.3 Å². The molecule has 4 heteroatoms. The van der Waals surface area contributed by atoms with Gasteiger partial charge in [0.05, 0.1) is 12.5 Å². The lowest BCUT2D eigenvalue weighted by atomic mass is 9.94. The molecule has 1 aliphatic heterocycles. The van der Waals surface area contributed by atoms with Gasteiger partial charge in [-0.05, 0) is 5.56 Å². The van der Waals surface area contributed by atoms with Crippen LogP contribution in [-0.4, -0.2) is 23.0 Å². The molecule has 94 valence electrons. The third-order valence-electron chi connectivity index (χ3n) is 3.31. The van der Waals surface area contributed by atoms with E-state index in [9.17, 15) is 14.4 Å². The second-order valence-corrected chi connectivity index (χ2v) is 4.61. The maximum absolute atomic E-state index is 12.1. The number of hydrogen-bond donors (Lipinski definition) is 0. The number of carbonyl (C=O) groups excluding carboxylic acids is 3. The fourth-order valence-electron chi connectivity index (χ4n) is 2.15. The van der Waals surface area contributed by atoms with Crippen molar-refractivity contribution >= 4 is 18.1 Å². The topological polar surface area (TPSA) is 54.5 Å². The van der Waals surface area contributed by atoms with E-state index in [1.54, 1.807) is 6.92 Å². The molecule has 0 spiro atoms. The lowest BCUT2D eigenvalue weighted by molar-refractivity contribution is -0.141. The predicted octanol–water partition coefficient (Wildman–Crippen LogP) is 1.40. The number of amides is 2. The minimum Gasteiger partial charge on any atom is -0.303 e. The van der Waals surface area contributed by atoms with E-state index >= 15 is 0 Å². The number of aldehydes is 1. The molecule has 0 bridgehead atoms. The summed E-state index contributed by atoms with van der Waals surface area (Å²) in [7, 11) is 0. The summed E-state index contributed by atoms with van der Waals surface area (Å²) in [6, 6.07) is 9.36. The molecular formula is C14H15NO3. The van der Waals surface area contributed by atoms with Crippen LogP contribution in [0.1, 0.15) is 18.9 Å².